The van der Waals surface area contributed by atoms with Gasteiger partial charge >= 0.3 is 0 Å². The fraction of sp³-hybridized carbons (Fsp3) is 0.750. The minimum absolute atomic E-state index is 0.774. The lowest BCUT2D eigenvalue weighted by Gasteiger charge is -2.02. The van der Waals surface area contributed by atoms with Crippen LogP contribution in [0.3, 0.4) is 0 Å². The summed E-state index contributed by atoms with van der Waals surface area (Å²) >= 11 is 0. The number of aromatic nitrogens is 2. The lowest BCUT2D eigenvalue weighted by atomic mass is 10.1. The fourth-order valence-corrected chi connectivity index (χ4v) is 1.74. The summed E-state index contributed by atoms with van der Waals surface area (Å²) in [7, 11) is 3.52. The predicted octanol–water partition coefficient (Wildman–Crippen LogP) is 1.75. The predicted molar refractivity (Wildman–Crippen MR) is 70.4 cm³/mol. The van der Waals surface area contributed by atoms with Gasteiger partial charge in [-0.1, -0.05) is 19.3 Å². The Balaban J connectivity index is 2.09. The highest BCUT2D eigenvalue weighted by molar-refractivity contribution is 5.38. The van der Waals surface area contributed by atoms with Crippen LogP contribution in [0.15, 0.2) is 6.07 Å². The largest absolute Gasteiger partial charge is 0.481 e. The molecule has 0 spiro atoms. The van der Waals surface area contributed by atoms with E-state index in [2.05, 4.69) is 10.4 Å². The van der Waals surface area contributed by atoms with Crippen LogP contribution in [0.1, 0.15) is 32.1 Å². The summed E-state index contributed by atoms with van der Waals surface area (Å²) in [4.78, 5) is 0. The van der Waals surface area contributed by atoms with Gasteiger partial charge in [0, 0.05) is 19.7 Å². The number of hydrogen-bond acceptors (Lipinski definition) is 4. The summed E-state index contributed by atoms with van der Waals surface area (Å²) in [5.74, 6) is 1.65. The summed E-state index contributed by atoms with van der Waals surface area (Å²) in [6.07, 6.45) is 6.07. The van der Waals surface area contributed by atoms with Crippen molar-refractivity contribution in [2.24, 2.45) is 12.8 Å². The number of unbranched alkanes of at least 4 members (excludes halogenated alkanes) is 4. The Hall–Kier alpha value is -1.23. The van der Waals surface area contributed by atoms with Crippen LogP contribution in [0.25, 0.3) is 0 Å². The zero-order valence-electron chi connectivity index (χ0n) is 10.9. The first kappa shape index (κ1) is 13.8. The SMILES string of the molecule is COc1cc(NCCCCCCCN)nn1C. The van der Waals surface area contributed by atoms with Crippen LogP contribution < -0.4 is 15.8 Å². The molecule has 1 rings (SSSR count). The van der Waals surface area contributed by atoms with Crippen molar-refractivity contribution >= 4 is 5.82 Å². The number of nitrogens with one attached hydrogen (secondary N) is 1. The van der Waals surface area contributed by atoms with E-state index in [0.29, 0.717) is 0 Å². The number of ether oxygens (including phenoxy) is 1. The third-order valence-electron chi connectivity index (χ3n) is 2.73. The second kappa shape index (κ2) is 7.95. The van der Waals surface area contributed by atoms with Gasteiger partial charge in [0.2, 0.25) is 5.88 Å². The standard InChI is InChI=1S/C12H24N4O/c1-16-12(17-2)10-11(15-16)14-9-7-5-3-4-6-8-13/h10H,3-9,13H2,1-2H3,(H,14,15). The van der Waals surface area contributed by atoms with Gasteiger partial charge in [0.25, 0.3) is 0 Å². The zero-order chi connectivity index (χ0) is 12.5. The maximum atomic E-state index is 5.44. The molecule has 1 heterocycles. The van der Waals surface area contributed by atoms with Crippen molar-refractivity contribution in [1.82, 2.24) is 9.78 Å². The number of hydrogen-bond donors (Lipinski definition) is 2. The van der Waals surface area contributed by atoms with Gasteiger partial charge in [-0.05, 0) is 19.4 Å². The van der Waals surface area contributed by atoms with E-state index in [1.807, 2.05) is 13.1 Å². The third-order valence-corrected chi connectivity index (χ3v) is 2.73. The van der Waals surface area contributed by atoms with E-state index in [1.54, 1.807) is 11.8 Å². The highest BCUT2D eigenvalue weighted by atomic mass is 16.5. The molecule has 0 bridgehead atoms. The van der Waals surface area contributed by atoms with Crippen LogP contribution in [-0.2, 0) is 7.05 Å². The Labute approximate surface area is 103 Å². The van der Waals surface area contributed by atoms with E-state index in [1.165, 1.54) is 25.7 Å². The average molecular weight is 240 g/mol. The molecule has 0 aliphatic rings. The number of methoxy groups -OCH3 is 1. The van der Waals surface area contributed by atoms with Crippen LogP contribution in [0.4, 0.5) is 5.82 Å². The van der Waals surface area contributed by atoms with E-state index < -0.39 is 0 Å². The molecular weight excluding hydrogens is 216 g/mol. The van der Waals surface area contributed by atoms with Crippen LogP contribution in [0.2, 0.25) is 0 Å². The van der Waals surface area contributed by atoms with E-state index in [4.69, 9.17) is 10.5 Å². The van der Waals surface area contributed by atoms with Crippen LogP contribution >= 0.6 is 0 Å². The van der Waals surface area contributed by atoms with Crippen molar-refractivity contribution in [1.29, 1.82) is 0 Å². The lowest BCUT2D eigenvalue weighted by molar-refractivity contribution is 0.373. The Morgan fingerprint density at radius 3 is 2.65 bits per heavy atom. The second-order valence-corrected chi connectivity index (χ2v) is 4.18. The zero-order valence-corrected chi connectivity index (χ0v) is 10.9. The van der Waals surface area contributed by atoms with E-state index >= 15 is 0 Å². The molecule has 1 aromatic heterocycles. The summed E-state index contributed by atoms with van der Waals surface area (Å²) in [6, 6.07) is 1.91. The maximum absolute atomic E-state index is 5.44. The van der Waals surface area contributed by atoms with Crippen molar-refractivity contribution in [2.75, 3.05) is 25.5 Å². The Morgan fingerprint density at radius 2 is 2.00 bits per heavy atom. The Morgan fingerprint density at radius 1 is 1.29 bits per heavy atom. The van der Waals surface area contributed by atoms with Gasteiger partial charge < -0.3 is 15.8 Å². The highest BCUT2D eigenvalue weighted by Crippen LogP contribution is 2.15. The van der Waals surface area contributed by atoms with Crippen LogP contribution in [0, 0.1) is 0 Å². The quantitative estimate of drug-likeness (QED) is 0.645. The summed E-state index contributed by atoms with van der Waals surface area (Å²) in [6.45, 7) is 1.77. The molecule has 1 aromatic rings. The fourth-order valence-electron chi connectivity index (χ4n) is 1.74. The minimum atomic E-state index is 0.774. The number of nitrogens with two attached hydrogens (primary N) is 1. The average Bonchev–Trinajstić information content (AvgIpc) is 2.68. The van der Waals surface area contributed by atoms with Gasteiger partial charge in [0.05, 0.1) is 7.11 Å². The smallest absolute Gasteiger partial charge is 0.213 e. The molecule has 3 N–H and O–H groups in total. The first-order valence-corrected chi connectivity index (χ1v) is 6.30. The van der Waals surface area contributed by atoms with Crippen molar-refractivity contribution in [3.05, 3.63) is 6.07 Å². The first-order valence-electron chi connectivity index (χ1n) is 6.30. The van der Waals surface area contributed by atoms with Gasteiger partial charge in [0.15, 0.2) is 5.82 Å². The molecule has 0 amide bonds. The highest BCUT2D eigenvalue weighted by Gasteiger charge is 2.03. The normalized spacial score (nSPS) is 10.5. The lowest BCUT2D eigenvalue weighted by Crippen LogP contribution is -2.03. The topological polar surface area (TPSA) is 65.1 Å². The van der Waals surface area contributed by atoms with Gasteiger partial charge in [-0.2, -0.15) is 5.10 Å². The molecule has 0 unspecified atom stereocenters. The van der Waals surface area contributed by atoms with E-state index in [9.17, 15) is 0 Å². The number of aryl methyl sites for hydroxylation is 1. The van der Waals surface area contributed by atoms with Gasteiger partial charge in [-0.15, -0.1) is 0 Å². The first-order chi connectivity index (χ1) is 8.27. The molecule has 0 saturated carbocycles. The van der Waals surface area contributed by atoms with Gasteiger partial charge in [-0.3, -0.25) is 0 Å². The molecule has 0 radical (unpaired) electrons. The summed E-state index contributed by atoms with van der Waals surface area (Å²) < 4.78 is 6.87. The molecule has 5 nitrogen and oxygen atoms in total. The molecule has 0 aromatic carbocycles. The molecule has 0 atom stereocenters. The molecule has 0 aliphatic carbocycles. The maximum Gasteiger partial charge on any atom is 0.213 e. The van der Waals surface area contributed by atoms with Crippen molar-refractivity contribution in [3.8, 4) is 5.88 Å². The van der Waals surface area contributed by atoms with Crippen LogP contribution in [0.5, 0.6) is 5.88 Å². The molecule has 5 heteroatoms. The molecule has 0 fully saturated rings. The van der Waals surface area contributed by atoms with Gasteiger partial charge in [-0.25, -0.2) is 4.68 Å². The van der Waals surface area contributed by atoms with Crippen molar-refractivity contribution in [2.45, 2.75) is 32.1 Å². The number of nitrogens with zero attached hydrogens (tertiary/aromatic N) is 2. The monoisotopic (exact) mass is 240 g/mol. The molecular formula is C12H24N4O. The molecule has 0 aliphatic heterocycles. The minimum Gasteiger partial charge on any atom is -0.481 e. The van der Waals surface area contributed by atoms with E-state index in [-0.39, 0.29) is 0 Å². The van der Waals surface area contributed by atoms with Crippen molar-refractivity contribution in [3.63, 3.8) is 0 Å². The molecule has 0 saturated heterocycles. The summed E-state index contributed by atoms with van der Waals surface area (Å²) in [5.41, 5.74) is 5.44. The molecule has 98 valence electrons. The number of rotatable bonds is 9. The Kier molecular flexibility index (Phi) is 6.47. The second-order valence-electron chi connectivity index (χ2n) is 4.18. The summed E-state index contributed by atoms with van der Waals surface area (Å²) in [5, 5.41) is 7.59. The van der Waals surface area contributed by atoms with Gasteiger partial charge in [0.1, 0.15) is 0 Å². The van der Waals surface area contributed by atoms with Crippen molar-refractivity contribution < 1.29 is 4.74 Å². The molecule has 17 heavy (non-hydrogen) atoms. The van der Waals surface area contributed by atoms with E-state index in [0.717, 1.165) is 31.2 Å². The third kappa shape index (κ3) is 5.08. The number of anilines is 1. The Bertz CT molecular complexity index is 311. The van der Waals surface area contributed by atoms with Crippen LogP contribution in [-0.4, -0.2) is 30.0 Å².